The van der Waals surface area contributed by atoms with Crippen molar-refractivity contribution in [2.45, 2.75) is 31.4 Å². The van der Waals surface area contributed by atoms with Crippen LogP contribution in [0.25, 0.3) is 0 Å². The van der Waals surface area contributed by atoms with Crippen LogP contribution in [-0.4, -0.2) is 23.9 Å². The summed E-state index contributed by atoms with van der Waals surface area (Å²) in [7, 11) is 0. The van der Waals surface area contributed by atoms with Crippen LogP contribution in [0.2, 0.25) is 0 Å². The molecule has 2 atom stereocenters. The first-order valence-corrected chi connectivity index (χ1v) is 7.33. The lowest BCUT2D eigenvalue weighted by Gasteiger charge is -2.30. The van der Waals surface area contributed by atoms with Crippen LogP contribution in [-0.2, 0) is 15.1 Å². The van der Waals surface area contributed by atoms with Gasteiger partial charge in [-0.25, -0.2) is 0 Å². The fourth-order valence-electron chi connectivity index (χ4n) is 2.13. The van der Waals surface area contributed by atoms with Gasteiger partial charge in [-0.05, 0) is 25.3 Å². The van der Waals surface area contributed by atoms with Crippen LogP contribution in [0.4, 0.5) is 0 Å². The molecule has 1 amide bonds. The maximum atomic E-state index is 12.1. The van der Waals surface area contributed by atoms with E-state index >= 15 is 0 Å². The van der Waals surface area contributed by atoms with Gasteiger partial charge >= 0.3 is 0 Å². The second-order valence-corrected chi connectivity index (χ2v) is 5.38. The number of nitrogens with one attached hydrogen (secondary N) is 1. The molecule has 0 aliphatic carbocycles. The highest BCUT2D eigenvalue weighted by atomic mass is 79.9. The van der Waals surface area contributed by atoms with E-state index in [1.54, 1.807) is 0 Å². The third-order valence-corrected chi connectivity index (χ3v) is 4.42. The highest BCUT2D eigenvalue weighted by Crippen LogP contribution is 2.24. The number of hydrogen-bond acceptors (Lipinski definition) is 2. The first kappa shape index (κ1) is 13.6. The predicted octanol–water partition coefficient (Wildman–Crippen LogP) is 2.59. The first-order chi connectivity index (χ1) is 8.65. The lowest BCUT2D eigenvalue weighted by molar-refractivity contribution is -0.131. The molecule has 1 aromatic rings. The number of ether oxygens (including phenoxy) is 1. The largest absolute Gasteiger partial charge is 0.368 e. The minimum atomic E-state index is -0.399. The van der Waals surface area contributed by atoms with E-state index in [9.17, 15) is 4.79 Å². The second-order valence-electron chi connectivity index (χ2n) is 4.82. The molecular weight excluding hydrogens is 294 g/mol. The normalized spacial score (nSPS) is 22.4. The Morgan fingerprint density at radius 1 is 1.50 bits per heavy atom. The van der Waals surface area contributed by atoms with Gasteiger partial charge in [0.1, 0.15) is 6.10 Å². The van der Waals surface area contributed by atoms with Crippen molar-refractivity contribution in [3.05, 3.63) is 35.9 Å². The number of benzene rings is 1. The van der Waals surface area contributed by atoms with Gasteiger partial charge in [0.25, 0.3) is 0 Å². The van der Waals surface area contributed by atoms with Crippen LogP contribution < -0.4 is 5.32 Å². The Bertz CT molecular complexity index is 404. The molecule has 18 heavy (non-hydrogen) atoms. The molecule has 0 spiro atoms. The molecule has 2 unspecified atom stereocenters. The number of amides is 1. The van der Waals surface area contributed by atoms with Crippen LogP contribution >= 0.6 is 15.9 Å². The molecule has 3 nitrogen and oxygen atoms in total. The molecule has 1 saturated heterocycles. The Labute approximate surface area is 116 Å². The lowest BCUT2D eigenvalue weighted by Crippen LogP contribution is -2.48. The van der Waals surface area contributed by atoms with Gasteiger partial charge in [-0.3, -0.25) is 4.79 Å². The van der Waals surface area contributed by atoms with E-state index in [-0.39, 0.29) is 12.0 Å². The number of rotatable bonds is 4. The third-order valence-electron chi connectivity index (χ3n) is 3.30. The summed E-state index contributed by atoms with van der Waals surface area (Å²) in [6.45, 7) is 2.71. The maximum absolute atomic E-state index is 12.1. The van der Waals surface area contributed by atoms with Crippen molar-refractivity contribution < 1.29 is 9.53 Å². The molecule has 2 rings (SSSR count). The van der Waals surface area contributed by atoms with E-state index in [4.69, 9.17) is 4.74 Å². The quantitative estimate of drug-likeness (QED) is 0.868. The van der Waals surface area contributed by atoms with E-state index in [0.29, 0.717) is 11.9 Å². The second kappa shape index (κ2) is 5.85. The molecule has 1 fully saturated rings. The molecule has 1 aliphatic heterocycles. The summed E-state index contributed by atoms with van der Waals surface area (Å²) in [5, 5.41) is 3.76. The minimum absolute atomic E-state index is 0.0155. The van der Waals surface area contributed by atoms with Gasteiger partial charge in [-0.15, -0.1) is 0 Å². The number of alkyl halides is 1. The Balaban J connectivity index is 2.10. The Hall–Kier alpha value is -0.870. The molecule has 0 aromatic heterocycles. The summed E-state index contributed by atoms with van der Waals surface area (Å²) in [5.74, 6) is -0.0155. The zero-order chi connectivity index (χ0) is 13.0. The van der Waals surface area contributed by atoms with Crippen molar-refractivity contribution in [3.8, 4) is 0 Å². The van der Waals surface area contributed by atoms with Gasteiger partial charge in [0.2, 0.25) is 5.91 Å². The van der Waals surface area contributed by atoms with Crippen molar-refractivity contribution in [1.82, 2.24) is 5.32 Å². The molecule has 1 aliphatic rings. The van der Waals surface area contributed by atoms with Crippen molar-refractivity contribution in [3.63, 3.8) is 0 Å². The topological polar surface area (TPSA) is 38.3 Å². The summed E-state index contributed by atoms with van der Waals surface area (Å²) in [6, 6.07) is 9.98. The Kier molecular flexibility index (Phi) is 4.40. The molecule has 98 valence electrons. The average Bonchev–Trinajstić information content (AvgIpc) is 2.93. The van der Waals surface area contributed by atoms with Crippen LogP contribution in [0.15, 0.2) is 30.3 Å². The summed E-state index contributed by atoms with van der Waals surface area (Å²) < 4.78 is 5.41. The summed E-state index contributed by atoms with van der Waals surface area (Å²) >= 11 is 3.49. The highest BCUT2D eigenvalue weighted by Gasteiger charge is 2.32. The summed E-state index contributed by atoms with van der Waals surface area (Å²) in [5.41, 5.74) is 0.692. The fraction of sp³-hybridized carbons (Fsp3) is 0.500. The van der Waals surface area contributed by atoms with Crippen molar-refractivity contribution in [2.75, 3.05) is 11.9 Å². The monoisotopic (exact) mass is 311 g/mol. The van der Waals surface area contributed by atoms with E-state index in [1.807, 2.05) is 37.3 Å². The van der Waals surface area contributed by atoms with Crippen LogP contribution in [0.1, 0.15) is 25.3 Å². The zero-order valence-electron chi connectivity index (χ0n) is 10.5. The fourth-order valence-corrected chi connectivity index (χ4v) is 2.59. The van der Waals surface area contributed by atoms with E-state index in [2.05, 4.69) is 21.2 Å². The molecule has 0 bridgehead atoms. The molecule has 4 heteroatoms. The van der Waals surface area contributed by atoms with Crippen LogP contribution in [0.3, 0.4) is 0 Å². The maximum Gasteiger partial charge on any atom is 0.249 e. The molecule has 1 heterocycles. The third kappa shape index (κ3) is 2.93. The molecule has 0 radical (unpaired) electrons. The smallest absolute Gasteiger partial charge is 0.249 e. The minimum Gasteiger partial charge on any atom is -0.368 e. The van der Waals surface area contributed by atoms with E-state index < -0.39 is 5.54 Å². The van der Waals surface area contributed by atoms with Crippen molar-refractivity contribution >= 4 is 21.8 Å². The first-order valence-electron chi connectivity index (χ1n) is 6.21. The molecule has 1 N–H and O–H groups in total. The Morgan fingerprint density at radius 2 is 2.22 bits per heavy atom. The van der Waals surface area contributed by atoms with Gasteiger partial charge in [-0.1, -0.05) is 46.3 Å². The van der Waals surface area contributed by atoms with Crippen LogP contribution in [0.5, 0.6) is 0 Å². The number of carbonyl (C=O) groups excluding carboxylic acids is 1. The molecule has 1 aromatic carbocycles. The zero-order valence-corrected chi connectivity index (χ0v) is 12.1. The standard InChI is InChI=1S/C14H18BrNO2/c1-14(10-15,11-6-3-2-4-7-11)16-13(17)12-8-5-9-18-12/h2-4,6-7,12H,5,8-10H2,1H3,(H,16,17). The Morgan fingerprint density at radius 3 is 2.78 bits per heavy atom. The van der Waals surface area contributed by atoms with E-state index in [1.165, 1.54) is 0 Å². The van der Waals surface area contributed by atoms with Gasteiger partial charge < -0.3 is 10.1 Å². The summed E-state index contributed by atoms with van der Waals surface area (Å²) in [6.07, 6.45) is 1.50. The molecule has 0 saturated carbocycles. The van der Waals surface area contributed by atoms with Crippen LogP contribution in [0, 0.1) is 0 Å². The average molecular weight is 312 g/mol. The lowest BCUT2D eigenvalue weighted by atomic mass is 9.94. The number of carbonyl (C=O) groups is 1. The van der Waals surface area contributed by atoms with Gasteiger partial charge in [0.15, 0.2) is 0 Å². The van der Waals surface area contributed by atoms with Crippen molar-refractivity contribution in [1.29, 1.82) is 0 Å². The highest BCUT2D eigenvalue weighted by molar-refractivity contribution is 9.09. The number of hydrogen-bond donors (Lipinski definition) is 1. The summed E-state index contributed by atoms with van der Waals surface area (Å²) in [4.78, 5) is 12.1. The van der Waals surface area contributed by atoms with E-state index in [0.717, 1.165) is 18.4 Å². The molecular formula is C14H18BrNO2. The van der Waals surface area contributed by atoms with Gasteiger partial charge in [0.05, 0.1) is 5.54 Å². The van der Waals surface area contributed by atoms with Crippen molar-refractivity contribution in [2.24, 2.45) is 0 Å². The predicted molar refractivity (Wildman–Crippen MR) is 74.7 cm³/mol. The number of halogens is 1. The van der Waals surface area contributed by atoms with Gasteiger partial charge in [-0.2, -0.15) is 0 Å². The van der Waals surface area contributed by atoms with Gasteiger partial charge in [0, 0.05) is 11.9 Å². The SMILES string of the molecule is CC(CBr)(NC(=O)C1CCCO1)c1ccccc1.